The first-order chi connectivity index (χ1) is 11.9. The summed E-state index contributed by atoms with van der Waals surface area (Å²) in [6.07, 6.45) is 1.53. The molecule has 25 heavy (non-hydrogen) atoms. The van der Waals surface area contributed by atoms with Gasteiger partial charge in [0.15, 0.2) is 0 Å². The number of urea groups is 1. The molecule has 2 N–H and O–H groups in total. The van der Waals surface area contributed by atoms with Crippen LogP contribution >= 0.6 is 0 Å². The van der Waals surface area contributed by atoms with Gasteiger partial charge in [0.1, 0.15) is 5.70 Å². The molecule has 0 aromatic heterocycles. The predicted molar refractivity (Wildman–Crippen MR) is 91.6 cm³/mol. The van der Waals surface area contributed by atoms with Crippen molar-refractivity contribution >= 4 is 24.0 Å². The lowest BCUT2D eigenvalue weighted by Crippen LogP contribution is -2.30. The van der Waals surface area contributed by atoms with Crippen LogP contribution in [-0.4, -0.2) is 27.9 Å². The Morgan fingerprint density at radius 2 is 1.72 bits per heavy atom. The molecule has 1 saturated heterocycles. The van der Waals surface area contributed by atoms with Crippen molar-refractivity contribution in [2.24, 2.45) is 0 Å². The minimum atomic E-state index is -1.02. The molecule has 0 atom stereocenters. The first-order valence-electron chi connectivity index (χ1n) is 7.67. The van der Waals surface area contributed by atoms with E-state index in [-0.39, 0.29) is 17.8 Å². The number of hydrogen-bond donors (Lipinski definition) is 2. The monoisotopic (exact) mass is 336 g/mol. The molecular formula is C19H16N2O4. The minimum Gasteiger partial charge on any atom is -0.478 e. The molecule has 2 aromatic rings. The van der Waals surface area contributed by atoms with Crippen molar-refractivity contribution in [3.8, 4) is 0 Å². The van der Waals surface area contributed by atoms with E-state index in [2.05, 4.69) is 5.32 Å². The van der Waals surface area contributed by atoms with Gasteiger partial charge >= 0.3 is 12.0 Å². The van der Waals surface area contributed by atoms with Crippen molar-refractivity contribution < 1.29 is 19.5 Å². The highest BCUT2D eigenvalue weighted by Crippen LogP contribution is 2.17. The summed E-state index contributed by atoms with van der Waals surface area (Å²) in [4.78, 5) is 36.5. The highest BCUT2D eigenvalue weighted by molar-refractivity contribution is 6.13. The van der Waals surface area contributed by atoms with Crippen LogP contribution in [0.1, 0.15) is 27.0 Å². The van der Waals surface area contributed by atoms with Crippen LogP contribution in [-0.2, 0) is 11.3 Å². The molecule has 0 radical (unpaired) electrons. The quantitative estimate of drug-likeness (QED) is 0.664. The summed E-state index contributed by atoms with van der Waals surface area (Å²) in [5.74, 6) is -1.43. The third kappa shape index (κ3) is 3.58. The summed E-state index contributed by atoms with van der Waals surface area (Å²) in [6, 6.07) is 13.2. The normalized spacial score (nSPS) is 15.6. The maximum Gasteiger partial charge on any atom is 0.335 e. The fourth-order valence-corrected chi connectivity index (χ4v) is 2.48. The fourth-order valence-electron chi connectivity index (χ4n) is 2.48. The summed E-state index contributed by atoms with van der Waals surface area (Å²) < 4.78 is 0. The molecule has 126 valence electrons. The maximum absolute atomic E-state index is 12.4. The number of carbonyl (C=O) groups excluding carboxylic acids is 2. The molecule has 0 spiro atoms. The molecule has 0 bridgehead atoms. The number of imide groups is 1. The lowest BCUT2D eigenvalue weighted by molar-refractivity contribution is -0.123. The molecule has 0 unspecified atom stereocenters. The first-order valence-corrected chi connectivity index (χ1v) is 7.67. The van der Waals surface area contributed by atoms with E-state index < -0.39 is 17.9 Å². The van der Waals surface area contributed by atoms with Crippen LogP contribution in [0.2, 0.25) is 0 Å². The van der Waals surface area contributed by atoms with Crippen molar-refractivity contribution in [2.75, 3.05) is 0 Å². The SMILES string of the molecule is Cc1ccc(CN2C(=O)N/C(=C/c3ccc(C(=O)O)cc3)C2=O)cc1. The Labute approximate surface area is 144 Å². The largest absolute Gasteiger partial charge is 0.478 e. The van der Waals surface area contributed by atoms with Crippen LogP contribution in [0.15, 0.2) is 54.2 Å². The second-order valence-electron chi connectivity index (χ2n) is 5.79. The van der Waals surface area contributed by atoms with Gasteiger partial charge < -0.3 is 10.4 Å². The summed E-state index contributed by atoms with van der Waals surface area (Å²) in [7, 11) is 0. The van der Waals surface area contributed by atoms with E-state index in [4.69, 9.17) is 5.11 Å². The number of benzene rings is 2. The molecule has 3 amide bonds. The van der Waals surface area contributed by atoms with E-state index >= 15 is 0 Å². The zero-order valence-electron chi connectivity index (χ0n) is 13.5. The summed E-state index contributed by atoms with van der Waals surface area (Å²) in [5.41, 5.74) is 2.92. The summed E-state index contributed by atoms with van der Waals surface area (Å²) in [5, 5.41) is 11.4. The average molecular weight is 336 g/mol. The zero-order chi connectivity index (χ0) is 18.0. The van der Waals surface area contributed by atoms with Gasteiger partial charge in [-0.2, -0.15) is 0 Å². The van der Waals surface area contributed by atoms with Crippen molar-refractivity contribution in [3.05, 3.63) is 76.5 Å². The number of rotatable bonds is 4. The van der Waals surface area contributed by atoms with E-state index in [1.807, 2.05) is 31.2 Å². The standard InChI is InChI=1S/C19H16N2O4/c1-12-2-4-14(5-3-12)11-21-17(22)16(20-19(21)25)10-13-6-8-15(9-7-13)18(23)24/h2-10H,11H2,1H3,(H,20,25)(H,23,24)/b16-10+. The third-order valence-electron chi connectivity index (χ3n) is 3.89. The van der Waals surface area contributed by atoms with Gasteiger partial charge in [-0.25, -0.2) is 9.59 Å². The second-order valence-corrected chi connectivity index (χ2v) is 5.79. The molecule has 3 rings (SSSR count). The fraction of sp³-hybridized carbons (Fsp3) is 0.105. The van der Waals surface area contributed by atoms with Gasteiger partial charge in [-0.15, -0.1) is 0 Å². The van der Waals surface area contributed by atoms with E-state index in [9.17, 15) is 14.4 Å². The Kier molecular flexibility index (Phi) is 4.35. The Morgan fingerprint density at radius 3 is 2.32 bits per heavy atom. The number of carboxylic acid groups (broad SMARTS) is 1. The molecule has 1 fully saturated rings. The van der Waals surface area contributed by atoms with Crippen LogP contribution in [0, 0.1) is 6.92 Å². The number of carbonyl (C=O) groups is 3. The van der Waals surface area contributed by atoms with Gasteiger partial charge in [0.05, 0.1) is 12.1 Å². The maximum atomic E-state index is 12.4. The van der Waals surface area contributed by atoms with Crippen molar-refractivity contribution in [2.45, 2.75) is 13.5 Å². The van der Waals surface area contributed by atoms with Gasteiger partial charge in [-0.05, 0) is 36.3 Å². The second kappa shape index (κ2) is 6.60. The Morgan fingerprint density at radius 1 is 1.08 bits per heavy atom. The van der Waals surface area contributed by atoms with Gasteiger partial charge in [0.2, 0.25) is 0 Å². The third-order valence-corrected chi connectivity index (χ3v) is 3.89. The lowest BCUT2D eigenvalue weighted by atomic mass is 10.1. The summed E-state index contributed by atoms with van der Waals surface area (Å²) >= 11 is 0. The van der Waals surface area contributed by atoms with Crippen LogP contribution in [0.25, 0.3) is 6.08 Å². The number of carboxylic acids is 1. The number of nitrogens with zero attached hydrogens (tertiary/aromatic N) is 1. The molecule has 1 heterocycles. The number of nitrogens with one attached hydrogen (secondary N) is 1. The molecule has 6 heteroatoms. The molecule has 6 nitrogen and oxygen atoms in total. The topological polar surface area (TPSA) is 86.7 Å². The molecule has 1 aliphatic rings. The van der Waals surface area contributed by atoms with Crippen molar-refractivity contribution in [1.29, 1.82) is 0 Å². The Balaban J connectivity index is 1.78. The van der Waals surface area contributed by atoms with E-state index in [0.717, 1.165) is 16.0 Å². The number of hydrogen-bond acceptors (Lipinski definition) is 3. The van der Waals surface area contributed by atoms with Gasteiger partial charge in [-0.3, -0.25) is 9.69 Å². The van der Waals surface area contributed by atoms with Gasteiger partial charge in [0, 0.05) is 0 Å². The molecule has 0 saturated carbocycles. The molecule has 0 aliphatic carbocycles. The van der Waals surface area contributed by atoms with Gasteiger partial charge in [-0.1, -0.05) is 42.0 Å². The first kappa shape index (κ1) is 16.4. The van der Waals surface area contributed by atoms with Crippen molar-refractivity contribution in [3.63, 3.8) is 0 Å². The van der Waals surface area contributed by atoms with Crippen LogP contribution in [0.4, 0.5) is 4.79 Å². The smallest absolute Gasteiger partial charge is 0.335 e. The number of amides is 3. The highest BCUT2D eigenvalue weighted by atomic mass is 16.4. The van der Waals surface area contributed by atoms with E-state index in [0.29, 0.717) is 5.56 Å². The van der Waals surface area contributed by atoms with E-state index in [1.54, 1.807) is 12.1 Å². The minimum absolute atomic E-state index is 0.157. The molecular weight excluding hydrogens is 320 g/mol. The molecule has 2 aromatic carbocycles. The van der Waals surface area contributed by atoms with Crippen LogP contribution in [0.5, 0.6) is 0 Å². The highest BCUT2D eigenvalue weighted by Gasteiger charge is 2.33. The predicted octanol–water partition coefficient (Wildman–Crippen LogP) is 2.79. The average Bonchev–Trinajstić information content (AvgIpc) is 2.85. The zero-order valence-corrected chi connectivity index (χ0v) is 13.5. The van der Waals surface area contributed by atoms with E-state index in [1.165, 1.54) is 18.2 Å². The Hall–Kier alpha value is -3.41. The Bertz CT molecular complexity index is 867. The van der Waals surface area contributed by atoms with Gasteiger partial charge in [0.25, 0.3) is 5.91 Å². The lowest BCUT2D eigenvalue weighted by Gasteiger charge is -2.11. The molecule has 1 aliphatic heterocycles. The van der Waals surface area contributed by atoms with Crippen molar-refractivity contribution in [1.82, 2.24) is 10.2 Å². The number of aryl methyl sites for hydroxylation is 1. The van der Waals surface area contributed by atoms with Crippen LogP contribution in [0.3, 0.4) is 0 Å². The van der Waals surface area contributed by atoms with Crippen LogP contribution < -0.4 is 5.32 Å². The summed E-state index contributed by atoms with van der Waals surface area (Å²) in [6.45, 7) is 2.16. The number of aromatic carboxylic acids is 1.